The molecule has 5 heteroatoms. The van der Waals surface area contributed by atoms with Crippen molar-refractivity contribution in [2.45, 2.75) is 0 Å². The molecule has 4 nitrogen and oxygen atoms in total. The summed E-state index contributed by atoms with van der Waals surface area (Å²) in [5, 5.41) is 9.92. The van der Waals surface area contributed by atoms with Crippen LogP contribution in [0, 0.1) is 0 Å². The van der Waals surface area contributed by atoms with E-state index >= 15 is 0 Å². The van der Waals surface area contributed by atoms with E-state index in [9.17, 15) is 0 Å². The van der Waals surface area contributed by atoms with E-state index in [0.29, 0.717) is 5.75 Å². The third-order valence-electron chi connectivity index (χ3n) is 1.43. The van der Waals surface area contributed by atoms with Gasteiger partial charge in [-0.25, -0.2) is 0 Å². The Balaban J connectivity index is 2.20. The first kappa shape index (κ1) is 8.07. The second-order valence-corrected chi connectivity index (χ2v) is 2.69. The van der Waals surface area contributed by atoms with E-state index < -0.39 is 0 Å². The average molecular weight is 196 g/mol. The Labute approximate surface area is 79.5 Å². The van der Waals surface area contributed by atoms with Crippen LogP contribution in [0.3, 0.4) is 0 Å². The molecule has 0 spiro atoms. The minimum absolute atomic E-state index is 0.226. The van der Waals surface area contributed by atoms with Gasteiger partial charge in [0, 0.05) is 0 Å². The third-order valence-corrected chi connectivity index (χ3v) is 1.68. The molecule has 0 amide bonds. The van der Waals surface area contributed by atoms with Crippen LogP contribution in [0.1, 0.15) is 0 Å². The summed E-state index contributed by atoms with van der Waals surface area (Å²) in [4.78, 5) is 0. The van der Waals surface area contributed by atoms with E-state index in [-0.39, 0.29) is 11.0 Å². The van der Waals surface area contributed by atoms with Gasteiger partial charge in [-0.05, 0) is 12.1 Å². The SMILES string of the molecule is Clc1n[nH]nc1Oc1ccccc1. The van der Waals surface area contributed by atoms with Crippen LogP contribution in [0.15, 0.2) is 30.3 Å². The second kappa shape index (κ2) is 3.45. The standard InChI is InChI=1S/C8H6ClN3O/c9-7-8(11-12-10-7)13-6-4-2-1-3-5-6/h1-5H,(H,10,11,12). The van der Waals surface area contributed by atoms with E-state index in [4.69, 9.17) is 16.3 Å². The van der Waals surface area contributed by atoms with Crippen molar-refractivity contribution in [2.24, 2.45) is 0 Å². The predicted molar refractivity (Wildman–Crippen MR) is 47.9 cm³/mol. The van der Waals surface area contributed by atoms with Gasteiger partial charge in [-0.1, -0.05) is 29.8 Å². The maximum absolute atomic E-state index is 5.66. The van der Waals surface area contributed by atoms with Crippen molar-refractivity contribution in [3.05, 3.63) is 35.5 Å². The Kier molecular flexibility index (Phi) is 2.14. The number of para-hydroxylation sites is 1. The van der Waals surface area contributed by atoms with Crippen molar-refractivity contribution in [2.75, 3.05) is 0 Å². The molecule has 2 rings (SSSR count). The summed E-state index contributed by atoms with van der Waals surface area (Å²) in [6, 6.07) is 9.25. The largest absolute Gasteiger partial charge is 0.435 e. The molecule has 0 unspecified atom stereocenters. The van der Waals surface area contributed by atoms with Gasteiger partial charge in [0.15, 0.2) is 0 Å². The molecule has 66 valence electrons. The second-order valence-electron chi connectivity index (χ2n) is 2.33. The van der Waals surface area contributed by atoms with Crippen LogP contribution >= 0.6 is 11.6 Å². The van der Waals surface area contributed by atoms with Crippen LogP contribution in [-0.4, -0.2) is 15.4 Å². The fourth-order valence-corrected chi connectivity index (χ4v) is 0.992. The summed E-state index contributed by atoms with van der Waals surface area (Å²) < 4.78 is 5.31. The Bertz CT molecular complexity index is 387. The number of ether oxygens (including phenoxy) is 1. The molecular weight excluding hydrogens is 190 g/mol. The maximum Gasteiger partial charge on any atom is 0.278 e. The lowest BCUT2D eigenvalue weighted by atomic mass is 10.3. The lowest BCUT2D eigenvalue weighted by Crippen LogP contribution is -1.83. The molecule has 0 bridgehead atoms. The zero-order valence-electron chi connectivity index (χ0n) is 6.57. The number of benzene rings is 1. The van der Waals surface area contributed by atoms with Gasteiger partial charge < -0.3 is 4.74 Å². The fourth-order valence-electron chi connectivity index (χ4n) is 0.873. The highest BCUT2D eigenvalue weighted by Gasteiger charge is 2.05. The molecule has 1 aromatic heterocycles. The summed E-state index contributed by atoms with van der Waals surface area (Å²) in [6.45, 7) is 0. The number of nitrogens with zero attached hydrogens (tertiary/aromatic N) is 2. The molecule has 2 aromatic rings. The van der Waals surface area contributed by atoms with Crippen molar-refractivity contribution in [1.29, 1.82) is 0 Å². The van der Waals surface area contributed by atoms with Crippen LogP contribution in [0.25, 0.3) is 0 Å². The Hall–Kier alpha value is -1.55. The zero-order chi connectivity index (χ0) is 9.10. The topological polar surface area (TPSA) is 50.8 Å². The lowest BCUT2D eigenvalue weighted by Gasteiger charge is -1.99. The maximum atomic E-state index is 5.66. The van der Waals surface area contributed by atoms with Crippen LogP contribution in [-0.2, 0) is 0 Å². The number of halogens is 1. The normalized spacial score (nSPS) is 9.92. The van der Waals surface area contributed by atoms with Crippen molar-refractivity contribution in [1.82, 2.24) is 15.4 Å². The molecule has 1 heterocycles. The molecule has 1 N–H and O–H groups in total. The number of nitrogens with one attached hydrogen (secondary N) is 1. The van der Waals surface area contributed by atoms with Crippen molar-refractivity contribution < 1.29 is 4.74 Å². The van der Waals surface area contributed by atoms with Gasteiger partial charge in [0.05, 0.1) is 0 Å². The van der Waals surface area contributed by atoms with Gasteiger partial charge >= 0.3 is 0 Å². The highest BCUT2D eigenvalue weighted by Crippen LogP contribution is 2.23. The van der Waals surface area contributed by atoms with E-state index in [1.807, 2.05) is 30.3 Å². The van der Waals surface area contributed by atoms with Crippen molar-refractivity contribution in [3.8, 4) is 11.6 Å². The number of H-pyrrole nitrogens is 1. The van der Waals surface area contributed by atoms with Crippen molar-refractivity contribution >= 4 is 11.6 Å². The molecule has 0 aliphatic heterocycles. The number of aromatic nitrogens is 3. The van der Waals surface area contributed by atoms with E-state index in [2.05, 4.69) is 15.4 Å². The summed E-state index contributed by atoms with van der Waals surface area (Å²) in [7, 11) is 0. The Morgan fingerprint density at radius 2 is 1.92 bits per heavy atom. The van der Waals surface area contributed by atoms with E-state index in [1.54, 1.807) is 0 Å². The first-order valence-electron chi connectivity index (χ1n) is 3.65. The quantitative estimate of drug-likeness (QED) is 0.800. The monoisotopic (exact) mass is 195 g/mol. The highest BCUT2D eigenvalue weighted by molar-refractivity contribution is 6.30. The molecule has 0 aliphatic carbocycles. The smallest absolute Gasteiger partial charge is 0.278 e. The molecular formula is C8H6ClN3O. The summed E-state index contributed by atoms with van der Waals surface area (Å²) >= 11 is 5.66. The van der Waals surface area contributed by atoms with Crippen molar-refractivity contribution in [3.63, 3.8) is 0 Å². The fraction of sp³-hybridized carbons (Fsp3) is 0. The van der Waals surface area contributed by atoms with Gasteiger partial charge in [0.25, 0.3) is 5.88 Å². The Morgan fingerprint density at radius 3 is 2.54 bits per heavy atom. The van der Waals surface area contributed by atoms with E-state index in [1.165, 1.54) is 0 Å². The molecule has 0 aliphatic rings. The van der Waals surface area contributed by atoms with Gasteiger partial charge in [0.2, 0.25) is 5.15 Å². The molecule has 0 saturated heterocycles. The molecule has 0 fully saturated rings. The summed E-state index contributed by atoms with van der Waals surface area (Å²) in [5.41, 5.74) is 0. The number of hydrogen-bond donors (Lipinski definition) is 1. The molecule has 0 radical (unpaired) electrons. The van der Waals surface area contributed by atoms with Gasteiger partial charge in [-0.15, -0.1) is 10.2 Å². The summed E-state index contributed by atoms with van der Waals surface area (Å²) in [5.74, 6) is 0.964. The first-order valence-corrected chi connectivity index (χ1v) is 4.03. The van der Waals surface area contributed by atoms with Crippen LogP contribution in [0.4, 0.5) is 0 Å². The van der Waals surface area contributed by atoms with Gasteiger partial charge in [-0.2, -0.15) is 5.21 Å². The van der Waals surface area contributed by atoms with Crippen LogP contribution in [0.2, 0.25) is 5.15 Å². The first-order chi connectivity index (χ1) is 6.36. The zero-order valence-corrected chi connectivity index (χ0v) is 7.32. The minimum atomic E-state index is 0.226. The molecule has 13 heavy (non-hydrogen) atoms. The highest BCUT2D eigenvalue weighted by atomic mass is 35.5. The molecule has 0 atom stereocenters. The molecule has 0 saturated carbocycles. The number of rotatable bonds is 2. The predicted octanol–water partition coefficient (Wildman–Crippen LogP) is 2.25. The Morgan fingerprint density at radius 1 is 1.15 bits per heavy atom. The minimum Gasteiger partial charge on any atom is -0.435 e. The molecule has 1 aromatic carbocycles. The third kappa shape index (κ3) is 1.78. The average Bonchev–Trinajstić information content (AvgIpc) is 2.54. The van der Waals surface area contributed by atoms with Gasteiger partial charge in [-0.3, -0.25) is 0 Å². The van der Waals surface area contributed by atoms with E-state index in [0.717, 1.165) is 0 Å². The van der Waals surface area contributed by atoms with Gasteiger partial charge in [0.1, 0.15) is 5.75 Å². The summed E-state index contributed by atoms with van der Waals surface area (Å²) in [6.07, 6.45) is 0. The number of hydrogen-bond acceptors (Lipinski definition) is 3. The van der Waals surface area contributed by atoms with Crippen LogP contribution < -0.4 is 4.74 Å². The van der Waals surface area contributed by atoms with Crippen LogP contribution in [0.5, 0.6) is 11.6 Å². The number of aromatic amines is 1. The lowest BCUT2D eigenvalue weighted by molar-refractivity contribution is 0.462.